The van der Waals surface area contributed by atoms with Crippen LogP contribution in [0.25, 0.3) is 0 Å². The third kappa shape index (κ3) is 2.86. The second-order valence-electron chi connectivity index (χ2n) is 5.48. The molecule has 104 valence electrons. The number of fused-ring (bicyclic) bond motifs is 1. The highest BCUT2D eigenvalue weighted by molar-refractivity contribution is 5.44. The Hall–Kier alpha value is -1.80. The van der Waals surface area contributed by atoms with E-state index >= 15 is 0 Å². The maximum atomic E-state index is 9.84. The van der Waals surface area contributed by atoms with Gasteiger partial charge in [0.1, 0.15) is 5.75 Å². The van der Waals surface area contributed by atoms with Crippen molar-refractivity contribution in [3.05, 3.63) is 65.2 Å². The molecule has 0 saturated heterocycles. The lowest BCUT2D eigenvalue weighted by Crippen LogP contribution is -2.20. The van der Waals surface area contributed by atoms with Gasteiger partial charge in [0.05, 0.1) is 0 Å². The number of aromatic hydroxyl groups is 1. The van der Waals surface area contributed by atoms with Gasteiger partial charge in [-0.3, -0.25) is 0 Å². The van der Waals surface area contributed by atoms with Crippen molar-refractivity contribution in [1.82, 2.24) is 5.32 Å². The van der Waals surface area contributed by atoms with Crippen LogP contribution in [0, 0.1) is 0 Å². The van der Waals surface area contributed by atoms with Crippen LogP contribution in [0.15, 0.2) is 48.5 Å². The lowest BCUT2D eigenvalue weighted by atomic mass is 10.1. The van der Waals surface area contributed by atoms with Gasteiger partial charge in [0, 0.05) is 6.04 Å². The molecule has 2 N–H and O–H groups in total. The molecule has 0 fully saturated rings. The van der Waals surface area contributed by atoms with Crippen molar-refractivity contribution in [2.24, 2.45) is 0 Å². The van der Waals surface area contributed by atoms with Gasteiger partial charge in [0.2, 0.25) is 0 Å². The number of phenols is 1. The Bertz CT molecular complexity index is 565. The monoisotopic (exact) mass is 267 g/mol. The zero-order valence-corrected chi connectivity index (χ0v) is 11.7. The topological polar surface area (TPSA) is 32.3 Å². The van der Waals surface area contributed by atoms with Gasteiger partial charge < -0.3 is 10.4 Å². The van der Waals surface area contributed by atoms with Gasteiger partial charge in [-0.2, -0.15) is 0 Å². The van der Waals surface area contributed by atoms with Crippen LogP contribution in [0.5, 0.6) is 5.75 Å². The normalized spacial score (nSPS) is 17.1. The minimum atomic E-state index is 0.410. The second kappa shape index (κ2) is 6.10. The number of hydrogen-bond acceptors (Lipinski definition) is 2. The van der Waals surface area contributed by atoms with E-state index < -0.39 is 0 Å². The highest BCUT2D eigenvalue weighted by Crippen LogP contribution is 2.36. The molecule has 2 nitrogen and oxygen atoms in total. The zero-order valence-electron chi connectivity index (χ0n) is 11.7. The summed E-state index contributed by atoms with van der Waals surface area (Å²) in [7, 11) is 0. The van der Waals surface area contributed by atoms with Gasteiger partial charge >= 0.3 is 0 Å². The smallest absolute Gasteiger partial charge is 0.119 e. The predicted molar refractivity (Wildman–Crippen MR) is 81.9 cm³/mol. The van der Waals surface area contributed by atoms with E-state index in [2.05, 4.69) is 41.7 Å². The Labute approximate surface area is 120 Å². The number of hydrogen-bond donors (Lipinski definition) is 2. The minimum absolute atomic E-state index is 0.410. The Morgan fingerprint density at radius 3 is 2.75 bits per heavy atom. The van der Waals surface area contributed by atoms with Crippen molar-refractivity contribution in [3.63, 3.8) is 0 Å². The van der Waals surface area contributed by atoms with Crippen molar-refractivity contribution in [1.29, 1.82) is 0 Å². The van der Waals surface area contributed by atoms with E-state index in [0.717, 1.165) is 37.8 Å². The van der Waals surface area contributed by atoms with Gasteiger partial charge in [-0.05, 0) is 55.0 Å². The fraction of sp³-hybridized carbons (Fsp3) is 0.333. The molecule has 1 unspecified atom stereocenters. The third-order valence-corrected chi connectivity index (χ3v) is 4.12. The van der Waals surface area contributed by atoms with Crippen LogP contribution in [-0.4, -0.2) is 11.7 Å². The standard InChI is InChI=1S/C18H21NO/c20-18-10-4-9-15-16(18)11-12-17(15)19-13-5-8-14-6-2-1-3-7-14/h1-4,6-7,9-10,17,19-20H,5,8,11-13H2. The van der Waals surface area contributed by atoms with Crippen LogP contribution in [0.1, 0.15) is 35.6 Å². The molecular formula is C18H21NO. The molecule has 0 spiro atoms. The fourth-order valence-electron chi connectivity index (χ4n) is 3.06. The molecule has 3 rings (SSSR count). The second-order valence-corrected chi connectivity index (χ2v) is 5.48. The van der Waals surface area contributed by atoms with Crippen LogP contribution in [0.4, 0.5) is 0 Å². The molecule has 0 heterocycles. The highest BCUT2D eigenvalue weighted by Gasteiger charge is 2.23. The van der Waals surface area contributed by atoms with Crippen LogP contribution in [0.2, 0.25) is 0 Å². The average molecular weight is 267 g/mol. The van der Waals surface area contributed by atoms with E-state index in [1.54, 1.807) is 6.07 Å². The Balaban J connectivity index is 1.50. The van der Waals surface area contributed by atoms with Gasteiger partial charge in [-0.1, -0.05) is 42.5 Å². The molecule has 0 saturated carbocycles. The fourth-order valence-corrected chi connectivity index (χ4v) is 3.06. The van der Waals surface area contributed by atoms with E-state index in [4.69, 9.17) is 0 Å². The largest absolute Gasteiger partial charge is 0.508 e. The predicted octanol–water partition coefficient (Wildman–Crippen LogP) is 3.60. The first-order valence-corrected chi connectivity index (χ1v) is 7.42. The number of rotatable bonds is 5. The molecule has 0 aromatic heterocycles. The minimum Gasteiger partial charge on any atom is -0.508 e. The third-order valence-electron chi connectivity index (χ3n) is 4.12. The van der Waals surface area contributed by atoms with Gasteiger partial charge in [0.25, 0.3) is 0 Å². The van der Waals surface area contributed by atoms with Gasteiger partial charge in [-0.25, -0.2) is 0 Å². The SMILES string of the molecule is Oc1cccc2c1CCC2NCCCc1ccccc1. The van der Waals surface area contributed by atoms with E-state index in [0.29, 0.717) is 11.8 Å². The number of nitrogens with one attached hydrogen (secondary N) is 1. The van der Waals surface area contributed by atoms with Crippen LogP contribution in [0.3, 0.4) is 0 Å². The lowest BCUT2D eigenvalue weighted by Gasteiger charge is -2.14. The summed E-state index contributed by atoms with van der Waals surface area (Å²) in [5, 5.41) is 13.5. The van der Waals surface area contributed by atoms with Crippen molar-refractivity contribution in [3.8, 4) is 5.75 Å². The lowest BCUT2D eigenvalue weighted by molar-refractivity contribution is 0.469. The van der Waals surface area contributed by atoms with Crippen molar-refractivity contribution >= 4 is 0 Å². The van der Waals surface area contributed by atoms with Crippen LogP contribution in [-0.2, 0) is 12.8 Å². The van der Waals surface area contributed by atoms with E-state index in [1.807, 2.05) is 6.07 Å². The van der Waals surface area contributed by atoms with Crippen molar-refractivity contribution in [2.45, 2.75) is 31.7 Å². The van der Waals surface area contributed by atoms with Crippen LogP contribution < -0.4 is 5.32 Å². The summed E-state index contributed by atoms with van der Waals surface area (Å²) in [4.78, 5) is 0. The molecule has 2 heteroatoms. The Morgan fingerprint density at radius 1 is 1.05 bits per heavy atom. The number of phenolic OH excluding ortho intramolecular Hbond substituents is 1. The first-order chi connectivity index (χ1) is 9.84. The molecule has 2 aromatic rings. The number of benzene rings is 2. The maximum absolute atomic E-state index is 9.84. The summed E-state index contributed by atoms with van der Waals surface area (Å²) in [6.07, 6.45) is 4.35. The first kappa shape index (κ1) is 13.2. The molecule has 0 bridgehead atoms. The molecule has 1 aliphatic rings. The highest BCUT2D eigenvalue weighted by atomic mass is 16.3. The van der Waals surface area contributed by atoms with Gasteiger partial charge in [0.15, 0.2) is 0 Å². The van der Waals surface area contributed by atoms with E-state index in [1.165, 1.54) is 11.1 Å². The van der Waals surface area contributed by atoms with E-state index in [9.17, 15) is 5.11 Å². The Kier molecular flexibility index (Phi) is 4.03. The molecule has 1 atom stereocenters. The zero-order chi connectivity index (χ0) is 13.8. The summed E-state index contributed by atoms with van der Waals surface area (Å²) < 4.78 is 0. The van der Waals surface area contributed by atoms with Crippen LogP contribution >= 0.6 is 0 Å². The molecular weight excluding hydrogens is 246 g/mol. The molecule has 0 radical (unpaired) electrons. The summed E-state index contributed by atoms with van der Waals surface area (Å²) in [5.41, 5.74) is 3.82. The van der Waals surface area contributed by atoms with Gasteiger partial charge in [-0.15, -0.1) is 0 Å². The molecule has 0 aliphatic heterocycles. The van der Waals surface area contributed by atoms with E-state index in [-0.39, 0.29) is 0 Å². The summed E-state index contributed by atoms with van der Waals surface area (Å²) in [6, 6.07) is 16.9. The number of aryl methyl sites for hydroxylation is 1. The Morgan fingerprint density at radius 2 is 1.90 bits per heavy atom. The molecule has 1 aliphatic carbocycles. The maximum Gasteiger partial charge on any atom is 0.119 e. The van der Waals surface area contributed by atoms with Crippen molar-refractivity contribution < 1.29 is 5.11 Å². The molecule has 2 aromatic carbocycles. The summed E-state index contributed by atoms with van der Waals surface area (Å²) in [5.74, 6) is 0.455. The first-order valence-electron chi connectivity index (χ1n) is 7.42. The molecule has 20 heavy (non-hydrogen) atoms. The molecule has 0 amide bonds. The summed E-state index contributed by atoms with van der Waals surface area (Å²) >= 11 is 0. The average Bonchev–Trinajstić information content (AvgIpc) is 2.90. The quantitative estimate of drug-likeness (QED) is 0.811. The summed E-state index contributed by atoms with van der Waals surface area (Å²) in [6.45, 7) is 1.02. The van der Waals surface area contributed by atoms with Crippen molar-refractivity contribution in [2.75, 3.05) is 6.54 Å².